The van der Waals surface area contributed by atoms with Gasteiger partial charge in [0.25, 0.3) is 5.91 Å². The normalized spacial score (nSPS) is 13.6. The van der Waals surface area contributed by atoms with Gasteiger partial charge in [-0.15, -0.1) is 5.73 Å². The molecule has 0 atom stereocenters. The van der Waals surface area contributed by atoms with Gasteiger partial charge < -0.3 is 5.32 Å². The van der Waals surface area contributed by atoms with E-state index in [9.17, 15) is 4.79 Å². The van der Waals surface area contributed by atoms with Gasteiger partial charge in [-0.2, -0.15) is 0 Å². The lowest BCUT2D eigenvalue weighted by Crippen LogP contribution is -2.02. The molecule has 0 aromatic heterocycles. The van der Waals surface area contributed by atoms with E-state index in [1.807, 2.05) is 25.1 Å². The smallest absolute Gasteiger partial charge is 0.264 e. The van der Waals surface area contributed by atoms with Gasteiger partial charge >= 0.3 is 0 Å². The molecule has 64 valence electrons. The Morgan fingerprint density at radius 1 is 1.46 bits per heavy atom. The van der Waals surface area contributed by atoms with E-state index >= 15 is 0 Å². The van der Waals surface area contributed by atoms with Crippen molar-refractivity contribution in [2.24, 2.45) is 0 Å². The Labute approximate surface area is 76.6 Å². The monoisotopic (exact) mass is 171 g/mol. The number of benzene rings is 1. The number of hydrogen-bond donors (Lipinski definition) is 1. The van der Waals surface area contributed by atoms with Crippen molar-refractivity contribution < 1.29 is 4.79 Å². The fourth-order valence-corrected chi connectivity index (χ4v) is 1.46. The molecule has 2 nitrogen and oxygen atoms in total. The van der Waals surface area contributed by atoms with E-state index < -0.39 is 0 Å². The van der Waals surface area contributed by atoms with Crippen molar-refractivity contribution in [3.05, 3.63) is 41.6 Å². The highest BCUT2D eigenvalue weighted by Gasteiger charge is 2.22. The van der Waals surface area contributed by atoms with Crippen LogP contribution < -0.4 is 5.32 Å². The number of carbonyl (C=O) groups is 1. The summed E-state index contributed by atoms with van der Waals surface area (Å²) in [5.74, 6) is -0.115. The average Bonchev–Trinajstić information content (AvgIpc) is 2.39. The first-order valence-electron chi connectivity index (χ1n) is 4.05. The van der Waals surface area contributed by atoms with E-state index in [2.05, 4.69) is 17.6 Å². The third-order valence-corrected chi connectivity index (χ3v) is 2.10. The highest BCUT2D eigenvalue weighted by Crippen LogP contribution is 2.31. The van der Waals surface area contributed by atoms with Gasteiger partial charge in [0, 0.05) is 11.3 Å². The first-order valence-corrected chi connectivity index (χ1v) is 4.05. The van der Waals surface area contributed by atoms with Crippen LogP contribution in [0.2, 0.25) is 0 Å². The van der Waals surface area contributed by atoms with E-state index in [0.717, 1.165) is 16.8 Å². The lowest BCUT2D eigenvalue weighted by molar-refractivity contribution is -0.110. The Hall–Kier alpha value is -1.79. The van der Waals surface area contributed by atoms with E-state index in [0.29, 0.717) is 5.57 Å². The van der Waals surface area contributed by atoms with E-state index in [-0.39, 0.29) is 5.91 Å². The second kappa shape index (κ2) is 2.61. The van der Waals surface area contributed by atoms with Crippen LogP contribution in [0.1, 0.15) is 11.1 Å². The van der Waals surface area contributed by atoms with Crippen molar-refractivity contribution in [2.75, 3.05) is 5.32 Å². The summed E-state index contributed by atoms with van der Waals surface area (Å²) >= 11 is 0. The zero-order chi connectivity index (χ0) is 9.42. The lowest BCUT2D eigenvalue weighted by atomic mass is 10.1. The number of rotatable bonds is 0. The number of hydrogen-bond acceptors (Lipinski definition) is 1. The summed E-state index contributed by atoms with van der Waals surface area (Å²) in [6.07, 6.45) is 0. The number of nitrogens with one attached hydrogen (secondary N) is 1. The van der Waals surface area contributed by atoms with Crippen molar-refractivity contribution in [3.8, 4) is 0 Å². The Morgan fingerprint density at radius 3 is 2.92 bits per heavy atom. The van der Waals surface area contributed by atoms with E-state index in [4.69, 9.17) is 0 Å². The molecule has 0 aliphatic carbocycles. The van der Waals surface area contributed by atoms with Crippen LogP contribution in [0.25, 0.3) is 5.57 Å². The zero-order valence-corrected chi connectivity index (χ0v) is 7.35. The number of anilines is 1. The van der Waals surface area contributed by atoms with Crippen LogP contribution in [0, 0.1) is 6.92 Å². The van der Waals surface area contributed by atoms with Crippen LogP contribution in [0.4, 0.5) is 5.69 Å². The van der Waals surface area contributed by atoms with Crippen molar-refractivity contribution in [2.45, 2.75) is 6.92 Å². The summed E-state index contributed by atoms with van der Waals surface area (Å²) in [5, 5.41) is 2.76. The van der Waals surface area contributed by atoms with Crippen molar-refractivity contribution in [1.82, 2.24) is 0 Å². The molecule has 0 radical (unpaired) electrons. The number of carbonyl (C=O) groups excluding carboxylic acids is 1. The summed E-state index contributed by atoms with van der Waals surface area (Å²) < 4.78 is 0. The van der Waals surface area contributed by atoms with Gasteiger partial charge in [0.2, 0.25) is 0 Å². The molecule has 0 spiro atoms. The topological polar surface area (TPSA) is 29.1 Å². The SMILES string of the molecule is C=C=C1C(=O)Nc2cc(C)ccc21. The molecule has 1 aromatic carbocycles. The number of fused-ring (bicyclic) bond motifs is 1. The Balaban J connectivity index is 2.68. The highest BCUT2D eigenvalue weighted by molar-refractivity contribution is 6.31. The molecule has 2 heteroatoms. The predicted molar refractivity (Wildman–Crippen MR) is 52.4 cm³/mol. The molecule has 0 fully saturated rings. The Kier molecular flexibility index (Phi) is 1.57. The summed E-state index contributed by atoms with van der Waals surface area (Å²) in [4.78, 5) is 11.3. The van der Waals surface area contributed by atoms with Crippen LogP contribution in [0.3, 0.4) is 0 Å². The Morgan fingerprint density at radius 2 is 2.23 bits per heavy atom. The minimum atomic E-state index is -0.115. The Bertz CT molecular complexity index is 439. The summed E-state index contributed by atoms with van der Waals surface area (Å²) in [6.45, 7) is 5.48. The van der Waals surface area contributed by atoms with E-state index in [1.54, 1.807) is 0 Å². The molecule has 0 saturated heterocycles. The van der Waals surface area contributed by atoms with Gasteiger partial charge in [-0.3, -0.25) is 4.79 Å². The van der Waals surface area contributed by atoms with Gasteiger partial charge in [0.15, 0.2) is 0 Å². The fourth-order valence-electron chi connectivity index (χ4n) is 1.46. The highest BCUT2D eigenvalue weighted by atomic mass is 16.1. The molecular formula is C11H9NO. The number of aryl methyl sites for hydroxylation is 1. The maximum atomic E-state index is 11.3. The molecule has 2 rings (SSSR count). The van der Waals surface area contributed by atoms with Gasteiger partial charge in [0.05, 0.1) is 5.57 Å². The van der Waals surface area contributed by atoms with Gasteiger partial charge in [-0.05, 0) is 18.6 Å². The lowest BCUT2D eigenvalue weighted by Gasteiger charge is -1.97. The molecule has 1 heterocycles. The fraction of sp³-hybridized carbons (Fsp3) is 0.0909. The van der Waals surface area contributed by atoms with Crippen molar-refractivity contribution in [1.29, 1.82) is 0 Å². The van der Waals surface area contributed by atoms with Gasteiger partial charge in [-0.1, -0.05) is 18.7 Å². The first-order chi connectivity index (χ1) is 6.22. The van der Waals surface area contributed by atoms with Crippen LogP contribution in [-0.2, 0) is 4.79 Å². The quantitative estimate of drug-likeness (QED) is 0.470. The van der Waals surface area contributed by atoms with E-state index in [1.165, 1.54) is 0 Å². The van der Waals surface area contributed by atoms with Crippen LogP contribution >= 0.6 is 0 Å². The first kappa shape index (κ1) is 7.84. The molecule has 1 aliphatic heterocycles. The maximum Gasteiger partial charge on any atom is 0.264 e. The molecule has 1 aromatic rings. The minimum Gasteiger partial charge on any atom is -0.321 e. The largest absolute Gasteiger partial charge is 0.321 e. The molecule has 1 N–H and O–H groups in total. The maximum absolute atomic E-state index is 11.3. The predicted octanol–water partition coefficient (Wildman–Crippen LogP) is 2.12. The second-order valence-corrected chi connectivity index (χ2v) is 3.05. The van der Waals surface area contributed by atoms with Crippen molar-refractivity contribution >= 4 is 17.2 Å². The molecule has 13 heavy (non-hydrogen) atoms. The molecule has 0 saturated carbocycles. The average molecular weight is 171 g/mol. The molecular weight excluding hydrogens is 162 g/mol. The third kappa shape index (κ3) is 1.08. The molecule has 0 bridgehead atoms. The zero-order valence-electron chi connectivity index (χ0n) is 7.35. The third-order valence-electron chi connectivity index (χ3n) is 2.10. The van der Waals surface area contributed by atoms with Crippen molar-refractivity contribution in [3.63, 3.8) is 0 Å². The number of amides is 1. The van der Waals surface area contributed by atoms with Crippen LogP contribution in [0.15, 0.2) is 30.5 Å². The van der Waals surface area contributed by atoms with Crippen LogP contribution in [-0.4, -0.2) is 5.91 Å². The molecule has 0 unspecified atom stereocenters. The summed E-state index contributed by atoms with van der Waals surface area (Å²) in [6, 6.07) is 5.82. The second-order valence-electron chi connectivity index (χ2n) is 3.05. The van der Waals surface area contributed by atoms with Gasteiger partial charge in [0.1, 0.15) is 0 Å². The van der Waals surface area contributed by atoms with Crippen LogP contribution in [0.5, 0.6) is 0 Å². The molecule has 1 amide bonds. The van der Waals surface area contributed by atoms with Gasteiger partial charge in [-0.25, -0.2) is 0 Å². The minimum absolute atomic E-state index is 0.115. The molecule has 1 aliphatic rings. The summed E-state index contributed by atoms with van der Waals surface area (Å²) in [5.41, 5.74) is 6.06. The summed E-state index contributed by atoms with van der Waals surface area (Å²) in [7, 11) is 0. The standard InChI is InChI=1S/C11H9NO/c1-3-8-9-5-4-7(2)6-10(9)12-11(8)13/h4-6H,1H2,2H3,(H,12,13).